The summed E-state index contributed by atoms with van der Waals surface area (Å²) in [6.07, 6.45) is 3.73. The summed E-state index contributed by atoms with van der Waals surface area (Å²) < 4.78 is 26.4. The summed E-state index contributed by atoms with van der Waals surface area (Å²) in [5, 5.41) is 3.28. The number of hydrogen-bond acceptors (Lipinski definition) is 4. The Labute approximate surface area is 121 Å². The van der Waals surface area contributed by atoms with Gasteiger partial charge in [0.15, 0.2) is 0 Å². The second-order valence-electron chi connectivity index (χ2n) is 5.51. The fourth-order valence-electron chi connectivity index (χ4n) is 2.78. The van der Waals surface area contributed by atoms with Crippen LogP contribution in [0.3, 0.4) is 0 Å². The monoisotopic (exact) mass is 297 g/mol. The predicted molar refractivity (Wildman–Crippen MR) is 82.1 cm³/mol. The maximum Gasteiger partial charge on any atom is 0.242 e. The molecule has 0 bridgehead atoms. The molecule has 1 fully saturated rings. The molecule has 0 aliphatic heterocycles. The molecule has 1 saturated carbocycles. The minimum atomic E-state index is -3.50. The molecule has 0 aromatic heterocycles. The van der Waals surface area contributed by atoms with Crippen LogP contribution in [0, 0.1) is 11.8 Å². The minimum absolute atomic E-state index is 0.214. The van der Waals surface area contributed by atoms with Gasteiger partial charge in [0.05, 0.1) is 5.69 Å². The van der Waals surface area contributed by atoms with Crippen molar-refractivity contribution >= 4 is 21.4 Å². The second-order valence-corrected chi connectivity index (χ2v) is 7.37. The SMILES string of the molecule is CNS(=O)(=O)c1cc(N)ccc1NCC1CCCC1C. The summed E-state index contributed by atoms with van der Waals surface area (Å²) in [6.45, 7) is 3.06. The molecular formula is C14H23N3O2S. The van der Waals surface area contributed by atoms with Gasteiger partial charge in [-0.05, 0) is 43.5 Å². The van der Waals surface area contributed by atoms with Gasteiger partial charge in [0.2, 0.25) is 10.0 Å². The van der Waals surface area contributed by atoms with Crippen LogP contribution in [0.4, 0.5) is 11.4 Å². The molecule has 6 heteroatoms. The molecule has 0 spiro atoms. The van der Waals surface area contributed by atoms with E-state index in [1.807, 2.05) is 0 Å². The normalized spacial score (nSPS) is 22.9. The average Bonchev–Trinajstić information content (AvgIpc) is 2.83. The zero-order chi connectivity index (χ0) is 14.8. The Balaban J connectivity index is 2.19. The summed E-state index contributed by atoms with van der Waals surface area (Å²) in [4.78, 5) is 0.214. The Morgan fingerprint density at radius 1 is 1.35 bits per heavy atom. The number of anilines is 2. The first-order valence-corrected chi connectivity index (χ1v) is 8.49. The molecule has 20 heavy (non-hydrogen) atoms. The number of benzene rings is 1. The topological polar surface area (TPSA) is 84.2 Å². The quantitative estimate of drug-likeness (QED) is 0.726. The maximum absolute atomic E-state index is 12.0. The van der Waals surface area contributed by atoms with Crippen LogP contribution < -0.4 is 15.8 Å². The van der Waals surface area contributed by atoms with E-state index in [1.54, 1.807) is 12.1 Å². The summed E-state index contributed by atoms with van der Waals surface area (Å²) in [6, 6.07) is 4.94. The van der Waals surface area contributed by atoms with Crippen LogP contribution in [0.1, 0.15) is 26.2 Å². The van der Waals surface area contributed by atoms with Crippen LogP contribution in [0.15, 0.2) is 23.1 Å². The van der Waals surface area contributed by atoms with Gasteiger partial charge in [0.25, 0.3) is 0 Å². The lowest BCUT2D eigenvalue weighted by atomic mass is 9.98. The first-order valence-electron chi connectivity index (χ1n) is 7.01. The Kier molecular flexibility index (Phi) is 4.55. The first-order chi connectivity index (χ1) is 9.44. The summed E-state index contributed by atoms with van der Waals surface area (Å²) in [7, 11) is -2.10. The number of nitrogens with two attached hydrogens (primary N) is 1. The third-order valence-corrected chi connectivity index (χ3v) is 5.61. The van der Waals surface area contributed by atoms with E-state index < -0.39 is 10.0 Å². The summed E-state index contributed by atoms with van der Waals surface area (Å²) >= 11 is 0. The Morgan fingerprint density at radius 2 is 2.10 bits per heavy atom. The minimum Gasteiger partial charge on any atom is -0.399 e. The molecule has 1 aromatic carbocycles. The molecule has 1 aromatic rings. The molecule has 4 N–H and O–H groups in total. The highest BCUT2D eigenvalue weighted by Gasteiger charge is 2.24. The number of rotatable bonds is 5. The molecule has 0 saturated heterocycles. The van der Waals surface area contributed by atoms with Gasteiger partial charge in [-0.1, -0.05) is 19.8 Å². The van der Waals surface area contributed by atoms with Crippen LogP contribution in [0.5, 0.6) is 0 Å². The molecule has 2 rings (SSSR count). The standard InChI is InChI=1S/C14H23N3O2S/c1-10-4-3-5-11(10)9-17-13-7-6-12(15)8-14(13)20(18,19)16-2/h6-8,10-11,16-17H,3-5,9,15H2,1-2H3. The predicted octanol–water partition coefficient (Wildman–Crippen LogP) is 2.02. The Hall–Kier alpha value is -1.27. The fourth-order valence-corrected chi connectivity index (χ4v) is 3.72. The van der Waals surface area contributed by atoms with Crippen molar-refractivity contribution in [2.75, 3.05) is 24.6 Å². The van der Waals surface area contributed by atoms with Crippen molar-refractivity contribution in [1.82, 2.24) is 4.72 Å². The molecular weight excluding hydrogens is 274 g/mol. The van der Waals surface area contributed by atoms with Gasteiger partial charge in [-0.25, -0.2) is 13.1 Å². The van der Waals surface area contributed by atoms with Crippen molar-refractivity contribution in [3.63, 3.8) is 0 Å². The van der Waals surface area contributed by atoms with Gasteiger partial charge in [-0.15, -0.1) is 0 Å². The van der Waals surface area contributed by atoms with Crippen molar-refractivity contribution in [1.29, 1.82) is 0 Å². The van der Waals surface area contributed by atoms with Crippen molar-refractivity contribution in [2.24, 2.45) is 11.8 Å². The van der Waals surface area contributed by atoms with Crippen LogP contribution in [0.2, 0.25) is 0 Å². The van der Waals surface area contributed by atoms with Crippen LogP contribution in [-0.2, 0) is 10.0 Å². The summed E-state index contributed by atoms with van der Waals surface area (Å²) in [5.74, 6) is 1.30. The van der Waals surface area contributed by atoms with E-state index in [2.05, 4.69) is 17.0 Å². The van der Waals surface area contributed by atoms with Gasteiger partial charge < -0.3 is 11.1 Å². The smallest absolute Gasteiger partial charge is 0.242 e. The van der Waals surface area contributed by atoms with E-state index >= 15 is 0 Å². The van der Waals surface area contributed by atoms with E-state index in [-0.39, 0.29) is 4.90 Å². The molecule has 2 unspecified atom stereocenters. The molecule has 112 valence electrons. The highest BCUT2D eigenvalue weighted by Crippen LogP contribution is 2.32. The summed E-state index contributed by atoms with van der Waals surface area (Å²) in [5.41, 5.74) is 6.76. The van der Waals surface area contributed by atoms with E-state index in [0.29, 0.717) is 23.2 Å². The van der Waals surface area contributed by atoms with Gasteiger partial charge >= 0.3 is 0 Å². The largest absolute Gasteiger partial charge is 0.399 e. The van der Waals surface area contributed by atoms with E-state index in [4.69, 9.17) is 5.73 Å². The lowest BCUT2D eigenvalue weighted by Crippen LogP contribution is -2.22. The van der Waals surface area contributed by atoms with E-state index in [1.165, 1.54) is 32.4 Å². The number of nitrogen functional groups attached to an aromatic ring is 1. The van der Waals surface area contributed by atoms with Crippen molar-refractivity contribution in [3.05, 3.63) is 18.2 Å². The number of sulfonamides is 1. The van der Waals surface area contributed by atoms with E-state index in [9.17, 15) is 8.42 Å². The lowest BCUT2D eigenvalue weighted by molar-refractivity contribution is 0.439. The zero-order valence-corrected chi connectivity index (χ0v) is 12.8. The van der Waals surface area contributed by atoms with Gasteiger partial charge in [0.1, 0.15) is 4.90 Å². The number of nitrogens with one attached hydrogen (secondary N) is 2. The van der Waals surface area contributed by atoms with Crippen molar-refractivity contribution < 1.29 is 8.42 Å². The van der Waals surface area contributed by atoms with Crippen LogP contribution in [-0.4, -0.2) is 22.0 Å². The fraction of sp³-hybridized carbons (Fsp3) is 0.571. The van der Waals surface area contributed by atoms with E-state index in [0.717, 1.165) is 6.54 Å². The Morgan fingerprint density at radius 3 is 2.70 bits per heavy atom. The Bertz CT molecular complexity index is 572. The average molecular weight is 297 g/mol. The molecule has 1 aliphatic carbocycles. The molecule has 0 amide bonds. The molecule has 1 aliphatic rings. The molecule has 2 atom stereocenters. The van der Waals surface area contributed by atoms with Gasteiger partial charge in [0, 0.05) is 12.2 Å². The van der Waals surface area contributed by atoms with Gasteiger partial charge in [-0.3, -0.25) is 0 Å². The van der Waals surface area contributed by atoms with Crippen molar-refractivity contribution in [3.8, 4) is 0 Å². The van der Waals surface area contributed by atoms with Crippen molar-refractivity contribution in [2.45, 2.75) is 31.1 Å². The highest BCUT2D eigenvalue weighted by atomic mass is 32.2. The lowest BCUT2D eigenvalue weighted by Gasteiger charge is -2.18. The van der Waals surface area contributed by atoms with Crippen LogP contribution >= 0.6 is 0 Å². The first kappa shape index (κ1) is 15.1. The third kappa shape index (κ3) is 3.24. The van der Waals surface area contributed by atoms with Gasteiger partial charge in [-0.2, -0.15) is 0 Å². The maximum atomic E-state index is 12.0. The second kappa shape index (κ2) is 6.01. The highest BCUT2D eigenvalue weighted by molar-refractivity contribution is 7.89. The zero-order valence-electron chi connectivity index (χ0n) is 12.0. The number of hydrogen-bond donors (Lipinski definition) is 3. The molecule has 0 heterocycles. The third-order valence-electron chi connectivity index (χ3n) is 4.16. The molecule has 0 radical (unpaired) electrons. The van der Waals surface area contributed by atoms with Crippen LogP contribution in [0.25, 0.3) is 0 Å². The molecule has 5 nitrogen and oxygen atoms in total.